The number of halogens is 1. The Morgan fingerprint density at radius 2 is 2.23 bits per heavy atom. The molecule has 1 aliphatic carbocycles. The minimum atomic E-state index is 0. The van der Waals surface area contributed by atoms with Gasteiger partial charge >= 0.3 is 0 Å². The third-order valence-corrected chi connectivity index (χ3v) is 3.64. The molecule has 1 saturated carbocycles. The summed E-state index contributed by atoms with van der Waals surface area (Å²) in [5, 5.41) is 6.68. The molecule has 2 aromatic heterocycles. The van der Waals surface area contributed by atoms with E-state index in [0.29, 0.717) is 0 Å². The molecule has 3 rings (SSSR count). The molecule has 6 heteroatoms. The molecule has 0 unspecified atom stereocenters. The van der Waals surface area contributed by atoms with Gasteiger partial charge in [-0.3, -0.25) is 4.99 Å². The number of imidazole rings is 1. The third-order valence-electron chi connectivity index (χ3n) is 3.64. The lowest BCUT2D eigenvalue weighted by Crippen LogP contribution is -2.38. The molecule has 1 fully saturated rings. The van der Waals surface area contributed by atoms with Crippen LogP contribution < -0.4 is 10.6 Å². The number of nitrogens with zero attached hydrogens (tertiary/aromatic N) is 3. The van der Waals surface area contributed by atoms with Gasteiger partial charge in [0.05, 0.1) is 5.69 Å². The Kier molecular flexibility index (Phi) is 6.48. The molecule has 2 heterocycles. The van der Waals surface area contributed by atoms with Crippen LogP contribution in [0.5, 0.6) is 0 Å². The largest absolute Gasteiger partial charge is 0.357 e. The Balaban J connectivity index is 0.00000176. The van der Waals surface area contributed by atoms with Gasteiger partial charge in [0.2, 0.25) is 0 Å². The molecule has 0 aliphatic heterocycles. The fourth-order valence-electron chi connectivity index (χ4n) is 2.28. The quantitative estimate of drug-likeness (QED) is 0.435. The summed E-state index contributed by atoms with van der Waals surface area (Å²) in [4.78, 5) is 9.22. The molecule has 0 bridgehead atoms. The number of aliphatic imine (C=N–C) groups is 1. The van der Waals surface area contributed by atoms with Crippen molar-refractivity contribution in [2.24, 2.45) is 10.9 Å². The minimum absolute atomic E-state index is 0. The maximum atomic E-state index is 4.62. The summed E-state index contributed by atoms with van der Waals surface area (Å²) < 4.78 is 2.06. The van der Waals surface area contributed by atoms with Crippen molar-refractivity contribution < 1.29 is 0 Å². The van der Waals surface area contributed by atoms with Crippen molar-refractivity contribution in [2.75, 3.05) is 19.6 Å². The van der Waals surface area contributed by atoms with Crippen molar-refractivity contribution in [3.8, 4) is 0 Å². The maximum Gasteiger partial charge on any atom is 0.191 e. The second kappa shape index (κ2) is 8.36. The molecular formula is C16H24IN5. The summed E-state index contributed by atoms with van der Waals surface area (Å²) in [5.74, 6) is 1.74. The van der Waals surface area contributed by atoms with Crippen molar-refractivity contribution in [1.82, 2.24) is 20.0 Å². The zero-order chi connectivity index (χ0) is 14.5. The first-order valence-electron chi connectivity index (χ1n) is 7.80. The van der Waals surface area contributed by atoms with Gasteiger partial charge in [-0.15, -0.1) is 24.0 Å². The van der Waals surface area contributed by atoms with Crippen molar-refractivity contribution in [3.05, 3.63) is 36.3 Å². The van der Waals surface area contributed by atoms with Crippen LogP contribution in [0, 0.1) is 5.92 Å². The van der Waals surface area contributed by atoms with E-state index in [4.69, 9.17) is 0 Å². The Bertz CT molecular complexity index is 585. The second-order valence-electron chi connectivity index (χ2n) is 5.54. The molecule has 22 heavy (non-hydrogen) atoms. The minimum Gasteiger partial charge on any atom is -0.357 e. The third kappa shape index (κ3) is 4.86. The van der Waals surface area contributed by atoms with E-state index in [-0.39, 0.29) is 24.0 Å². The first-order valence-corrected chi connectivity index (χ1v) is 7.80. The van der Waals surface area contributed by atoms with Gasteiger partial charge in [-0.2, -0.15) is 0 Å². The average molecular weight is 413 g/mol. The number of hydrogen-bond donors (Lipinski definition) is 2. The Morgan fingerprint density at radius 3 is 2.95 bits per heavy atom. The van der Waals surface area contributed by atoms with Crippen LogP contribution in [0.2, 0.25) is 0 Å². The topological polar surface area (TPSA) is 53.7 Å². The van der Waals surface area contributed by atoms with Crippen LogP contribution in [-0.2, 0) is 6.42 Å². The average Bonchev–Trinajstić information content (AvgIpc) is 3.23. The Hall–Kier alpha value is -1.31. The van der Waals surface area contributed by atoms with Crippen molar-refractivity contribution >= 4 is 35.6 Å². The lowest BCUT2D eigenvalue weighted by Gasteiger charge is -2.10. The van der Waals surface area contributed by atoms with E-state index in [0.717, 1.165) is 49.3 Å². The number of guanidine groups is 1. The summed E-state index contributed by atoms with van der Waals surface area (Å²) >= 11 is 0. The van der Waals surface area contributed by atoms with E-state index in [1.807, 2.05) is 24.4 Å². The van der Waals surface area contributed by atoms with Gasteiger partial charge in [0.1, 0.15) is 5.65 Å². The highest BCUT2D eigenvalue weighted by Gasteiger charge is 2.20. The number of rotatable bonds is 6. The zero-order valence-electron chi connectivity index (χ0n) is 13.0. The SMILES string of the molecule is CCNC(=NCC1CC1)NCCc1cn2ccccc2n1.I. The number of pyridine rings is 1. The van der Waals surface area contributed by atoms with E-state index >= 15 is 0 Å². The van der Waals surface area contributed by atoms with Gasteiger partial charge in [-0.1, -0.05) is 6.07 Å². The van der Waals surface area contributed by atoms with Crippen LogP contribution in [0.3, 0.4) is 0 Å². The fraction of sp³-hybridized carbons (Fsp3) is 0.500. The van der Waals surface area contributed by atoms with Crippen LogP contribution in [0.15, 0.2) is 35.6 Å². The van der Waals surface area contributed by atoms with Gasteiger partial charge in [0, 0.05) is 38.4 Å². The summed E-state index contributed by atoms with van der Waals surface area (Å²) in [7, 11) is 0. The van der Waals surface area contributed by atoms with Gasteiger partial charge in [0.25, 0.3) is 0 Å². The molecule has 5 nitrogen and oxygen atoms in total. The predicted octanol–water partition coefficient (Wildman–Crippen LogP) is 2.46. The molecular weight excluding hydrogens is 389 g/mol. The molecule has 0 atom stereocenters. The molecule has 0 radical (unpaired) electrons. The number of aromatic nitrogens is 2. The van der Waals surface area contributed by atoms with Crippen molar-refractivity contribution in [3.63, 3.8) is 0 Å². The molecule has 2 N–H and O–H groups in total. The van der Waals surface area contributed by atoms with Crippen molar-refractivity contribution in [2.45, 2.75) is 26.2 Å². The van der Waals surface area contributed by atoms with E-state index < -0.39 is 0 Å². The number of fused-ring (bicyclic) bond motifs is 1. The predicted molar refractivity (Wildman–Crippen MR) is 101 cm³/mol. The van der Waals surface area contributed by atoms with Gasteiger partial charge in [-0.05, 0) is 37.8 Å². The maximum absolute atomic E-state index is 4.62. The molecule has 2 aromatic rings. The Morgan fingerprint density at radius 1 is 1.36 bits per heavy atom. The van der Waals surface area contributed by atoms with Crippen LogP contribution in [0.25, 0.3) is 5.65 Å². The van der Waals surface area contributed by atoms with Gasteiger partial charge in [0.15, 0.2) is 5.96 Å². The number of nitrogens with one attached hydrogen (secondary N) is 2. The van der Waals surface area contributed by atoms with Crippen LogP contribution >= 0.6 is 24.0 Å². The highest BCUT2D eigenvalue weighted by molar-refractivity contribution is 14.0. The zero-order valence-corrected chi connectivity index (χ0v) is 15.3. The van der Waals surface area contributed by atoms with Crippen molar-refractivity contribution in [1.29, 1.82) is 0 Å². The monoisotopic (exact) mass is 413 g/mol. The summed E-state index contributed by atoms with van der Waals surface area (Å²) in [5.41, 5.74) is 2.11. The van der Waals surface area contributed by atoms with E-state index in [1.54, 1.807) is 0 Å². The first-order chi connectivity index (χ1) is 10.3. The summed E-state index contributed by atoms with van der Waals surface area (Å²) in [6.07, 6.45) is 7.69. The first kappa shape index (κ1) is 17.1. The van der Waals surface area contributed by atoms with Gasteiger partial charge < -0.3 is 15.0 Å². The fourth-order valence-corrected chi connectivity index (χ4v) is 2.28. The standard InChI is InChI=1S/C16H23N5.HI/c1-2-17-16(19-11-13-6-7-13)18-9-8-14-12-21-10-4-3-5-15(21)20-14;/h3-5,10,12-13H,2,6-9,11H2,1H3,(H2,17,18,19);1H. The van der Waals surface area contributed by atoms with Gasteiger partial charge in [-0.25, -0.2) is 4.98 Å². The molecule has 0 aromatic carbocycles. The highest BCUT2D eigenvalue weighted by Crippen LogP contribution is 2.28. The molecule has 0 amide bonds. The summed E-state index contributed by atoms with van der Waals surface area (Å²) in [6.45, 7) is 4.78. The highest BCUT2D eigenvalue weighted by atomic mass is 127. The van der Waals surface area contributed by atoms with E-state index in [9.17, 15) is 0 Å². The van der Waals surface area contributed by atoms with E-state index in [1.165, 1.54) is 12.8 Å². The molecule has 120 valence electrons. The lowest BCUT2D eigenvalue weighted by atomic mass is 10.3. The van der Waals surface area contributed by atoms with Crippen LogP contribution in [-0.4, -0.2) is 35.0 Å². The molecule has 1 aliphatic rings. The van der Waals surface area contributed by atoms with E-state index in [2.05, 4.69) is 38.1 Å². The second-order valence-corrected chi connectivity index (χ2v) is 5.54. The smallest absolute Gasteiger partial charge is 0.191 e. The van der Waals surface area contributed by atoms with Crippen LogP contribution in [0.1, 0.15) is 25.5 Å². The van der Waals surface area contributed by atoms with Crippen LogP contribution in [0.4, 0.5) is 0 Å². The number of hydrogen-bond acceptors (Lipinski definition) is 2. The molecule has 0 saturated heterocycles. The lowest BCUT2D eigenvalue weighted by molar-refractivity contribution is 0.772. The Labute approximate surface area is 148 Å². The summed E-state index contributed by atoms with van der Waals surface area (Å²) in [6, 6.07) is 6.06. The normalized spacial score (nSPS) is 14.7. The molecule has 0 spiro atoms.